The lowest BCUT2D eigenvalue weighted by Gasteiger charge is -2.40. The van der Waals surface area contributed by atoms with Crippen molar-refractivity contribution in [3.05, 3.63) is 41.8 Å². The number of nitrogens with zero attached hydrogens (tertiary/aromatic N) is 3. The summed E-state index contributed by atoms with van der Waals surface area (Å²) >= 11 is 0. The van der Waals surface area contributed by atoms with Crippen LogP contribution in [0.25, 0.3) is 0 Å². The molecule has 0 radical (unpaired) electrons. The Morgan fingerprint density at radius 1 is 1.26 bits per heavy atom. The molecule has 7 nitrogen and oxygen atoms in total. The van der Waals surface area contributed by atoms with Crippen LogP contribution in [0.4, 0.5) is 15.9 Å². The molecule has 1 amide bonds. The first-order chi connectivity index (χ1) is 15.0. The van der Waals surface area contributed by atoms with E-state index in [1.54, 1.807) is 19.1 Å². The van der Waals surface area contributed by atoms with E-state index in [9.17, 15) is 13.4 Å². The summed E-state index contributed by atoms with van der Waals surface area (Å²) in [4.78, 5) is 21.2. The number of hydrogen-bond donors (Lipinski definition) is 1. The lowest BCUT2D eigenvalue weighted by Crippen LogP contribution is -2.54. The largest absolute Gasteiger partial charge is 0.487 e. The molecule has 4 heterocycles. The molecule has 164 valence electrons. The molecule has 0 saturated carbocycles. The molecule has 0 bridgehead atoms. The molecule has 0 spiro atoms. The van der Waals surface area contributed by atoms with Gasteiger partial charge in [0.2, 0.25) is 5.91 Å². The van der Waals surface area contributed by atoms with Crippen molar-refractivity contribution in [1.82, 2.24) is 9.88 Å². The fourth-order valence-electron chi connectivity index (χ4n) is 4.34. The van der Waals surface area contributed by atoms with Crippen molar-refractivity contribution >= 4 is 28.2 Å². The zero-order valence-corrected chi connectivity index (χ0v) is 18.2. The number of amides is 1. The van der Waals surface area contributed by atoms with Crippen LogP contribution in [0.2, 0.25) is 0 Å². The third kappa shape index (κ3) is 4.11. The van der Waals surface area contributed by atoms with Gasteiger partial charge in [-0.3, -0.25) is 9.00 Å². The van der Waals surface area contributed by atoms with E-state index in [0.29, 0.717) is 37.6 Å². The normalized spacial score (nSPS) is 22.9. The first kappa shape index (κ1) is 20.2. The minimum atomic E-state index is -1.05. The van der Waals surface area contributed by atoms with Crippen LogP contribution >= 0.6 is 0 Å². The zero-order valence-electron chi connectivity index (χ0n) is 17.3. The highest BCUT2D eigenvalue weighted by molar-refractivity contribution is 7.85. The van der Waals surface area contributed by atoms with Crippen molar-refractivity contribution in [3.63, 3.8) is 0 Å². The van der Waals surface area contributed by atoms with E-state index < -0.39 is 10.8 Å². The number of pyridine rings is 1. The quantitative estimate of drug-likeness (QED) is 0.762. The van der Waals surface area contributed by atoms with E-state index in [1.807, 2.05) is 11.0 Å². The topological polar surface area (TPSA) is 74.8 Å². The molecule has 3 aliphatic heterocycles. The molecule has 2 atom stereocenters. The monoisotopic (exact) mass is 444 g/mol. The van der Waals surface area contributed by atoms with Crippen LogP contribution in [0.1, 0.15) is 19.0 Å². The molecule has 2 aromatic rings. The summed E-state index contributed by atoms with van der Waals surface area (Å²) in [6, 6.07) is 8.17. The number of anilines is 2. The summed E-state index contributed by atoms with van der Waals surface area (Å²) in [5.74, 6) is 1.90. The molecule has 9 heteroatoms. The predicted octanol–water partition coefficient (Wildman–Crippen LogP) is 2.18. The van der Waals surface area contributed by atoms with Gasteiger partial charge >= 0.3 is 0 Å². The van der Waals surface area contributed by atoms with Gasteiger partial charge in [0.05, 0.1) is 40.2 Å². The van der Waals surface area contributed by atoms with Crippen LogP contribution in [-0.2, 0) is 22.0 Å². The third-order valence-electron chi connectivity index (χ3n) is 6.06. The number of rotatable bonds is 5. The average Bonchev–Trinajstić information content (AvgIpc) is 3.33. The fraction of sp³-hybridized carbons (Fsp3) is 0.455. The van der Waals surface area contributed by atoms with Crippen molar-refractivity contribution in [2.75, 3.05) is 42.1 Å². The highest BCUT2D eigenvalue weighted by atomic mass is 32.2. The molecule has 2 saturated heterocycles. The van der Waals surface area contributed by atoms with E-state index in [4.69, 9.17) is 9.72 Å². The Kier molecular flexibility index (Phi) is 5.29. The Bertz CT molecular complexity index is 1030. The fourth-order valence-corrected chi connectivity index (χ4v) is 5.70. The molecule has 0 aliphatic carbocycles. The summed E-state index contributed by atoms with van der Waals surface area (Å²) in [6.07, 6.45) is 1.60. The predicted molar refractivity (Wildman–Crippen MR) is 117 cm³/mol. The number of aryl methyl sites for hydroxylation is 1. The van der Waals surface area contributed by atoms with Crippen LogP contribution in [0.15, 0.2) is 35.2 Å². The number of aromatic nitrogens is 1. The lowest BCUT2D eigenvalue weighted by atomic mass is 10.1. The van der Waals surface area contributed by atoms with Gasteiger partial charge in [-0.2, -0.15) is 0 Å². The van der Waals surface area contributed by atoms with E-state index in [2.05, 4.69) is 10.2 Å². The SMILES string of the molecule is CC(=O)N1CC[C@H](Nc2cc(N3CC(Oc4ccc(F)cc4)C3)nc3c2[S@](=O)CC3)C1. The Morgan fingerprint density at radius 2 is 2.03 bits per heavy atom. The van der Waals surface area contributed by atoms with Crippen LogP contribution in [-0.4, -0.2) is 64.1 Å². The first-order valence-corrected chi connectivity index (χ1v) is 11.9. The number of likely N-dealkylation sites (tertiary alicyclic amines) is 1. The van der Waals surface area contributed by atoms with Gasteiger partial charge in [0.25, 0.3) is 0 Å². The van der Waals surface area contributed by atoms with E-state index in [0.717, 1.165) is 35.1 Å². The minimum absolute atomic E-state index is 0.0185. The first-order valence-electron chi connectivity index (χ1n) is 10.6. The number of carbonyl (C=O) groups is 1. The second kappa shape index (κ2) is 8.11. The molecule has 1 aromatic carbocycles. The van der Waals surface area contributed by atoms with Gasteiger partial charge in [0.1, 0.15) is 23.5 Å². The van der Waals surface area contributed by atoms with E-state index in [1.165, 1.54) is 12.1 Å². The highest BCUT2D eigenvalue weighted by Crippen LogP contribution is 2.35. The number of nitrogens with one attached hydrogen (secondary N) is 1. The van der Waals surface area contributed by atoms with Crippen LogP contribution < -0.4 is 15.0 Å². The summed E-state index contributed by atoms with van der Waals surface area (Å²) < 4.78 is 31.5. The molecule has 3 aliphatic rings. The maximum absolute atomic E-state index is 13.1. The number of carbonyl (C=O) groups excluding carboxylic acids is 1. The maximum Gasteiger partial charge on any atom is 0.219 e. The van der Waals surface area contributed by atoms with E-state index >= 15 is 0 Å². The van der Waals surface area contributed by atoms with Gasteiger partial charge in [0.15, 0.2) is 0 Å². The summed E-state index contributed by atoms with van der Waals surface area (Å²) in [5, 5.41) is 3.54. The van der Waals surface area contributed by atoms with Gasteiger partial charge in [-0.05, 0) is 30.7 Å². The van der Waals surface area contributed by atoms with Gasteiger partial charge in [-0.1, -0.05) is 0 Å². The van der Waals surface area contributed by atoms with Gasteiger partial charge in [-0.15, -0.1) is 0 Å². The van der Waals surface area contributed by atoms with Crippen LogP contribution in [0, 0.1) is 5.82 Å². The summed E-state index contributed by atoms with van der Waals surface area (Å²) in [5.41, 5.74) is 1.76. The average molecular weight is 445 g/mol. The molecular formula is C22H25FN4O3S. The third-order valence-corrected chi connectivity index (χ3v) is 7.55. The number of halogens is 1. The number of hydrogen-bond acceptors (Lipinski definition) is 6. The van der Waals surface area contributed by atoms with Gasteiger partial charge in [0, 0.05) is 44.3 Å². The Balaban J connectivity index is 1.29. The zero-order chi connectivity index (χ0) is 21.5. The molecule has 0 unspecified atom stereocenters. The van der Waals surface area contributed by atoms with Crippen molar-refractivity contribution < 1.29 is 18.1 Å². The van der Waals surface area contributed by atoms with Crippen molar-refractivity contribution in [1.29, 1.82) is 0 Å². The second-order valence-electron chi connectivity index (χ2n) is 8.30. The summed E-state index contributed by atoms with van der Waals surface area (Å²) in [6.45, 7) is 4.37. The van der Waals surface area contributed by atoms with Crippen molar-refractivity contribution in [3.8, 4) is 5.75 Å². The number of ether oxygens (including phenoxy) is 1. The summed E-state index contributed by atoms with van der Waals surface area (Å²) in [7, 11) is -1.05. The lowest BCUT2D eigenvalue weighted by molar-refractivity contribution is -0.127. The number of fused-ring (bicyclic) bond motifs is 1. The van der Waals surface area contributed by atoms with Gasteiger partial charge < -0.3 is 19.9 Å². The Morgan fingerprint density at radius 3 is 2.74 bits per heavy atom. The molecule has 1 N–H and O–H groups in total. The second-order valence-corrected chi connectivity index (χ2v) is 9.80. The molecule has 5 rings (SSSR count). The minimum Gasteiger partial charge on any atom is -0.487 e. The van der Waals surface area contributed by atoms with Crippen LogP contribution in [0.5, 0.6) is 5.75 Å². The Hall–Kier alpha value is -2.68. The van der Waals surface area contributed by atoms with Gasteiger partial charge in [-0.25, -0.2) is 9.37 Å². The standard InChI is InChI=1S/C22H25FN4O3S/c1-14(28)26-8-6-16(11-26)24-20-10-21(25-19-7-9-31(29)22(19)20)27-12-18(13-27)30-17-4-2-15(23)3-5-17/h2-5,10,16,18H,6-9,11-13H2,1H3,(H,24,25)/t16-,31+/m0/s1. The maximum atomic E-state index is 13.1. The van der Waals surface area contributed by atoms with E-state index in [-0.39, 0.29) is 23.9 Å². The molecule has 2 fully saturated rings. The highest BCUT2D eigenvalue weighted by Gasteiger charge is 2.33. The molecule has 1 aromatic heterocycles. The Labute approximate surface area is 183 Å². The molecular weight excluding hydrogens is 419 g/mol. The smallest absolute Gasteiger partial charge is 0.219 e. The number of benzene rings is 1. The van der Waals surface area contributed by atoms with Crippen molar-refractivity contribution in [2.24, 2.45) is 0 Å². The van der Waals surface area contributed by atoms with Crippen molar-refractivity contribution in [2.45, 2.75) is 36.8 Å². The van der Waals surface area contributed by atoms with Crippen LogP contribution in [0.3, 0.4) is 0 Å². The molecule has 31 heavy (non-hydrogen) atoms.